The highest BCUT2D eigenvalue weighted by Gasteiger charge is 2.18. The summed E-state index contributed by atoms with van der Waals surface area (Å²) in [7, 11) is -3.97. The van der Waals surface area contributed by atoms with Crippen LogP contribution in [0.2, 0.25) is 5.02 Å². The van der Waals surface area contributed by atoms with E-state index in [0.29, 0.717) is 0 Å². The molecule has 8 heteroatoms. The van der Waals surface area contributed by atoms with Crippen LogP contribution in [0.5, 0.6) is 0 Å². The molecule has 0 aromatic heterocycles. The number of anilines is 1. The van der Waals surface area contributed by atoms with Crippen molar-refractivity contribution in [3.8, 4) is 0 Å². The Morgan fingerprint density at radius 1 is 1.09 bits per heavy atom. The molecule has 0 unspecified atom stereocenters. The summed E-state index contributed by atoms with van der Waals surface area (Å²) >= 11 is 5.94. The number of primary amides is 1. The van der Waals surface area contributed by atoms with E-state index in [9.17, 15) is 18.0 Å². The van der Waals surface area contributed by atoms with Crippen LogP contribution in [0.4, 0.5) is 5.69 Å². The molecule has 0 spiro atoms. The van der Waals surface area contributed by atoms with Gasteiger partial charge in [-0.3, -0.25) is 14.3 Å². The van der Waals surface area contributed by atoms with Gasteiger partial charge in [0.2, 0.25) is 5.91 Å². The van der Waals surface area contributed by atoms with E-state index in [4.69, 9.17) is 17.3 Å². The number of nitrogens with two attached hydrogens (primary N) is 1. The van der Waals surface area contributed by atoms with Crippen molar-refractivity contribution in [2.24, 2.45) is 5.73 Å². The number of carbonyl (C=O) groups is 2. The van der Waals surface area contributed by atoms with Crippen LogP contribution >= 0.6 is 11.6 Å². The maximum absolute atomic E-state index is 12.4. The molecule has 0 heterocycles. The lowest BCUT2D eigenvalue weighted by molar-refractivity contribution is 0.0996. The van der Waals surface area contributed by atoms with Crippen LogP contribution in [0, 0.1) is 0 Å². The zero-order valence-electron chi connectivity index (χ0n) is 12.0. The zero-order valence-corrected chi connectivity index (χ0v) is 13.6. The fraction of sp³-hybridized carbons (Fsp3) is 0.0667. The number of ketones is 1. The van der Waals surface area contributed by atoms with Crippen LogP contribution < -0.4 is 10.5 Å². The Labute approximate surface area is 138 Å². The average Bonchev–Trinajstić information content (AvgIpc) is 2.49. The SMILES string of the molecule is CC(=O)c1cccc(S(=O)(=O)Nc2cc(C(N)=O)ccc2Cl)c1. The fourth-order valence-electron chi connectivity index (χ4n) is 1.84. The average molecular weight is 353 g/mol. The number of nitrogens with one attached hydrogen (secondary N) is 1. The van der Waals surface area contributed by atoms with Crippen LogP contribution in [0.25, 0.3) is 0 Å². The minimum absolute atomic E-state index is 0.0243. The maximum Gasteiger partial charge on any atom is 0.261 e. The molecular formula is C15H13ClN2O4S. The van der Waals surface area contributed by atoms with Gasteiger partial charge in [0.15, 0.2) is 5.78 Å². The molecule has 0 aliphatic heterocycles. The van der Waals surface area contributed by atoms with E-state index in [0.717, 1.165) is 0 Å². The van der Waals surface area contributed by atoms with Crippen molar-refractivity contribution in [3.05, 3.63) is 58.6 Å². The number of sulfonamides is 1. The summed E-state index contributed by atoms with van der Waals surface area (Å²) in [5.41, 5.74) is 5.57. The van der Waals surface area contributed by atoms with Gasteiger partial charge in [0.1, 0.15) is 0 Å². The van der Waals surface area contributed by atoms with Crippen molar-refractivity contribution in [3.63, 3.8) is 0 Å². The van der Waals surface area contributed by atoms with Crippen LogP contribution in [-0.2, 0) is 10.0 Å². The molecule has 2 aromatic carbocycles. The van der Waals surface area contributed by atoms with Crippen molar-refractivity contribution in [2.75, 3.05) is 4.72 Å². The maximum atomic E-state index is 12.4. The Balaban J connectivity index is 2.42. The standard InChI is InChI=1S/C15H13ClN2O4S/c1-9(19)10-3-2-4-12(7-10)23(21,22)18-14-8-11(15(17)20)5-6-13(14)16/h2-8,18H,1H3,(H2,17,20). The second-order valence-electron chi connectivity index (χ2n) is 4.75. The second-order valence-corrected chi connectivity index (χ2v) is 6.84. The van der Waals surface area contributed by atoms with Gasteiger partial charge in [-0.1, -0.05) is 23.7 Å². The Bertz CT molecular complexity index is 894. The molecular weight excluding hydrogens is 340 g/mol. The number of hydrogen-bond donors (Lipinski definition) is 2. The molecule has 23 heavy (non-hydrogen) atoms. The highest BCUT2D eigenvalue weighted by Crippen LogP contribution is 2.26. The van der Waals surface area contributed by atoms with E-state index >= 15 is 0 Å². The first kappa shape index (κ1) is 17.0. The summed E-state index contributed by atoms with van der Waals surface area (Å²) in [5, 5.41) is 0.112. The number of Topliss-reactive ketones (excluding diaryl/α,β-unsaturated/α-hetero) is 1. The van der Waals surface area contributed by atoms with Gasteiger partial charge < -0.3 is 5.73 Å². The van der Waals surface area contributed by atoms with E-state index in [2.05, 4.69) is 4.72 Å². The van der Waals surface area contributed by atoms with E-state index in [1.54, 1.807) is 0 Å². The molecule has 2 aromatic rings. The predicted octanol–water partition coefficient (Wildman–Crippen LogP) is 2.44. The quantitative estimate of drug-likeness (QED) is 0.806. The van der Waals surface area contributed by atoms with Gasteiger partial charge >= 0.3 is 0 Å². The lowest BCUT2D eigenvalue weighted by Crippen LogP contribution is -2.15. The number of rotatable bonds is 5. The first-order valence-electron chi connectivity index (χ1n) is 6.44. The largest absolute Gasteiger partial charge is 0.366 e. The molecule has 0 aliphatic carbocycles. The third-order valence-electron chi connectivity index (χ3n) is 3.05. The number of carbonyl (C=O) groups excluding carboxylic acids is 2. The monoisotopic (exact) mass is 352 g/mol. The fourth-order valence-corrected chi connectivity index (χ4v) is 3.18. The topological polar surface area (TPSA) is 106 Å². The summed E-state index contributed by atoms with van der Waals surface area (Å²) in [4.78, 5) is 22.5. The van der Waals surface area contributed by atoms with E-state index < -0.39 is 15.9 Å². The van der Waals surface area contributed by atoms with E-state index in [-0.39, 0.29) is 32.5 Å². The molecule has 0 bridgehead atoms. The van der Waals surface area contributed by atoms with E-state index in [1.807, 2.05) is 0 Å². The third kappa shape index (κ3) is 3.88. The molecule has 0 saturated heterocycles. The van der Waals surface area contributed by atoms with Gasteiger partial charge in [0.05, 0.1) is 15.6 Å². The second kappa shape index (κ2) is 6.39. The number of halogens is 1. The molecule has 0 aliphatic rings. The van der Waals surface area contributed by atoms with Gasteiger partial charge in [-0.15, -0.1) is 0 Å². The highest BCUT2D eigenvalue weighted by atomic mass is 35.5. The summed E-state index contributed by atoms with van der Waals surface area (Å²) in [6.07, 6.45) is 0. The van der Waals surface area contributed by atoms with Gasteiger partial charge in [-0.25, -0.2) is 8.42 Å². The molecule has 2 rings (SSSR count). The Morgan fingerprint density at radius 3 is 2.39 bits per heavy atom. The van der Waals surface area contributed by atoms with Crippen molar-refractivity contribution < 1.29 is 18.0 Å². The lowest BCUT2D eigenvalue weighted by Gasteiger charge is -2.11. The molecule has 0 saturated carbocycles. The summed E-state index contributed by atoms with van der Waals surface area (Å²) in [5.74, 6) is -0.962. The Hall–Kier alpha value is -2.38. The summed E-state index contributed by atoms with van der Waals surface area (Å²) < 4.78 is 27.1. The van der Waals surface area contributed by atoms with Crippen LogP contribution in [-0.4, -0.2) is 20.1 Å². The minimum Gasteiger partial charge on any atom is -0.366 e. The molecule has 6 nitrogen and oxygen atoms in total. The van der Waals surface area contributed by atoms with Crippen molar-refractivity contribution >= 4 is 39.0 Å². The molecule has 0 radical (unpaired) electrons. The minimum atomic E-state index is -3.97. The molecule has 0 atom stereocenters. The molecule has 3 N–H and O–H groups in total. The third-order valence-corrected chi connectivity index (χ3v) is 4.74. The highest BCUT2D eigenvalue weighted by molar-refractivity contribution is 7.92. The molecule has 0 fully saturated rings. The molecule has 120 valence electrons. The molecule has 1 amide bonds. The predicted molar refractivity (Wildman–Crippen MR) is 87.2 cm³/mol. The van der Waals surface area contributed by atoms with Crippen LogP contribution in [0.15, 0.2) is 47.4 Å². The lowest BCUT2D eigenvalue weighted by atomic mass is 10.2. The summed E-state index contributed by atoms with van der Waals surface area (Å²) in [6.45, 7) is 1.34. The van der Waals surface area contributed by atoms with Crippen molar-refractivity contribution in [2.45, 2.75) is 11.8 Å². The number of hydrogen-bond acceptors (Lipinski definition) is 4. The zero-order chi connectivity index (χ0) is 17.2. The first-order valence-corrected chi connectivity index (χ1v) is 8.30. The van der Waals surface area contributed by atoms with Gasteiger partial charge in [-0.2, -0.15) is 0 Å². The van der Waals surface area contributed by atoms with Crippen molar-refractivity contribution in [1.29, 1.82) is 0 Å². The van der Waals surface area contributed by atoms with Crippen molar-refractivity contribution in [1.82, 2.24) is 0 Å². The Kier molecular flexibility index (Phi) is 4.72. The van der Waals surface area contributed by atoms with Crippen LogP contribution in [0.1, 0.15) is 27.6 Å². The van der Waals surface area contributed by atoms with Gasteiger partial charge in [-0.05, 0) is 37.3 Å². The first-order chi connectivity index (χ1) is 10.7. The van der Waals surface area contributed by atoms with Gasteiger partial charge in [0.25, 0.3) is 10.0 Å². The number of amides is 1. The van der Waals surface area contributed by atoms with Crippen LogP contribution in [0.3, 0.4) is 0 Å². The van der Waals surface area contributed by atoms with E-state index in [1.165, 1.54) is 49.4 Å². The normalized spacial score (nSPS) is 11.0. The van der Waals surface area contributed by atoms with Gasteiger partial charge in [0, 0.05) is 11.1 Å². The summed E-state index contributed by atoms with van der Waals surface area (Å²) in [6, 6.07) is 9.59. The smallest absolute Gasteiger partial charge is 0.261 e. The Morgan fingerprint density at radius 2 is 1.78 bits per heavy atom. The number of benzene rings is 2.